The summed E-state index contributed by atoms with van der Waals surface area (Å²) in [6.07, 6.45) is 1.71. The molecule has 2 amide bonds. The average molecular weight is 337 g/mol. The fraction of sp³-hybridized carbons (Fsp3) is 0.333. The van der Waals surface area contributed by atoms with Crippen molar-refractivity contribution in [3.63, 3.8) is 0 Å². The molecule has 0 bridgehead atoms. The van der Waals surface area contributed by atoms with Crippen LogP contribution in [0.2, 0.25) is 0 Å². The zero-order valence-electron chi connectivity index (χ0n) is 10.3. The number of unbranched alkanes of at least 4 members (excludes halogenated alkanes) is 1. The lowest BCUT2D eigenvalue weighted by molar-refractivity contribution is 0.0652. The Kier molecular flexibility index (Phi) is 4.25. The number of carbonyl (C=O) groups is 2. The lowest BCUT2D eigenvalue weighted by atomic mass is 10.1. The van der Waals surface area contributed by atoms with Gasteiger partial charge in [0.2, 0.25) is 0 Å². The molecule has 1 aromatic carbocycles. The van der Waals surface area contributed by atoms with E-state index < -0.39 is 6.00 Å². The molecule has 0 aliphatic carbocycles. The molecule has 0 fully saturated rings. The molecule has 0 spiro atoms. The van der Waals surface area contributed by atoms with Crippen molar-refractivity contribution in [3.8, 4) is 0 Å². The fourth-order valence-electron chi connectivity index (χ4n) is 1.99. The van der Waals surface area contributed by atoms with Crippen molar-refractivity contribution in [1.82, 2.24) is 4.90 Å². The zero-order valence-corrected chi connectivity index (χ0v) is 13.5. The summed E-state index contributed by atoms with van der Waals surface area (Å²) in [7, 11) is 0. The van der Waals surface area contributed by atoms with Crippen LogP contribution in [0.5, 0.6) is 0 Å². The Morgan fingerprint density at radius 1 is 1.11 bits per heavy atom. The summed E-state index contributed by atoms with van der Waals surface area (Å²) in [6.45, 7) is 2.44. The number of nitrogens with zero attached hydrogens (tertiary/aromatic N) is 1. The molecule has 0 saturated heterocycles. The first-order chi connectivity index (χ1) is 8.86. The SMILES string of the molecule is CCCCN1C(=O)c2ccc([Si](Cl)(Cl)Cl)cc2C1=O. The molecule has 3 nitrogen and oxygen atoms in total. The van der Waals surface area contributed by atoms with Crippen molar-refractivity contribution in [2.24, 2.45) is 0 Å². The summed E-state index contributed by atoms with van der Waals surface area (Å²) in [5.74, 6) is -0.551. The van der Waals surface area contributed by atoms with Gasteiger partial charge in [0.1, 0.15) is 0 Å². The Hall–Kier alpha value is -0.553. The third-order valence-corrected chi connectivity index (χ3v) is 5.96. The maximum Gasteiger partial charge on any atom is 0.372 e. The molecule has 0 atom stereocenters. The number of hydrogen-bond donors (Lipinski definition) is 0. The van der Waals surface area contributed by atoms with Gasteiger partial charge in [-0.15, -0.1) is 33.2 Å². The minimum Gasteiger partial charge on any atom is -0.274 e. The van der Waals surface area contributed by atoms with E-state index in [2.05, 4.69) is 0 Å². The Morgan fingerprint density at radius 2 is 1.74 bits per heavy atom. The highest BCUT2D eigenvalue weighted by Crippen LogP contribution is 2.26. The van der Waals surface area contributed by atoms with Gasteiger partial charge in [-0.05, 0) is 23.7 Å². The Morgan fingerprint density at radius 3 is 2.32 bits per heavy atom. The molecular formula is C12H12Cl3NO2Si. The molecule has 19 heavy (non-hydrogen) atoms. The van der Waals surface area contributed by atoms with Crippen molar-refractivity contribution < 1.29 is 9.59 Å². The third kappa shape index (κ3) is 2.82. The smallest absolute Gasteiger partial charge is 0.274 e. The highest BCUT2D eigenvalue weighted by Gasteiger charge is 2.37. The van der Waals surface area contributed by atoms with E-state index in [1.807, 2.05) is 6.92 Å². The second-order valence-electron chi connectivity index (χ2n) is 4.37. The topological polar surface area (TPSA) is 37.4 Å². The van der Waals surface area contributed by atoms with E-state index in [1.165, 1.54) is 4.90 Å². The molecule has 0 unspecified atom stereocenters. The maximum atomic E-state index is 12.2. The monoisotopic (exact) mass is 335 g/mol. The van der Waals surface area contributed by atoms with Crippen LogP contribution < -0.4 is 5.19 Å². The first-order valence-electron chi connectivity index (χ1n) is 5.93. The van der Waals surface area contributed by atoms with Crippen LogP contribution in [0.15, 0.2) is 18.2 Å². The van der Waals surface area contributed by atoms with Crippen LogP contribution in [0.4, 0.5) is 0 Å². The van der Waals surface area contributed by atoms with Gasteiger partial charge in [-0.3, -0.25) is 14.5 Å². The largest absolute Gasteiger partial charge is 0.372 e. The molecule has 1 aliphatic rings. The van der Waals surface area contributed by atoms with E-state index in [0.29, 0.717) is 22.9 Å². The van der Waals surface area contributed by atoms with Gasteiger partial charge in [0.15, 0.2) is 0 Å². The quantitative estimate of drug-likeness (QED) is 0.481. The maximum absolute atomic E-state index is 12.2. The van der Waals surface area contributed by atoms with Gasteiger partial charge in [0.05, 0.1) is 11.1 Å². The summed E-state index contributed by atoms with van der Waals surface area (Å²) in [4.78, 5) is 25.5. The minimum atomic E-state index is -3.04. The van der Waals surface area contributed by atoms with E-state index >= 15 is 0 Å². The number of amides is 2. The minimum absolute atomic E-state index is 0.258. The van der Waals surface area contributed by atoms with Gasteiger partial charge in [-0.1, -0.05) is 19.4 Å². The molecule has 1 aromatic rings. The molecule has 0 N–H and O–H groups in total. The second kappa shape index (κ2) is 5.44. The lowest BCUT2D eigenvalue weighted by Crippen LogP contribution is -2.31. The summed E-state index contributed by atoms with van der Waals surface area (Å²) in [6, 6.07) is 1.69. The fourth-order valence-corrected chi connectivity index (χ4v) is 3.62. The highest BCUT2D eigenvalue weighted by atomic mass is 35.8. The van der Waals surface area contributed by atoms with Gasteiger partial charge in [-0.25, -0.2) is 0 Å². The van der Waals surface area contributed by atoms with Crippen molar-refractivity contribution >= 4 is 56.2 Å². The Bertz CT molecular complexity index is 542. The number of carbonyl (C=O) groups excluding carboxylic acids is 2. The molecule has 2 rings (SSSR count). The molecule has 0 aromatic heterocycles. The molecule has 0 saturated carbocycles. The number of imide groups is 1. The summed E-state index contributed by atoms with van der Waals surface area (Å²) in [5, 5.41) is 0.523. The van der Waals surface area contributed by atoms with Crippen LogP contribution >= 0.6 is 33.2 Å². The average Bonchev–Trinajstić information content (AvgIpc) is 2.59. The highest BCUT2D eigenvalue weighted by molar-refractivity contribution is 7.69. The van der Waals surface area contributed by atoms with E-state index in [1.54, 1.807) is 18.2 Å². The van der Waals surface area contributed by atoms with Gasteiger partial charge in [0, 0.05) is 6.54 Å². The van der Waals surface area contributed by atoms with E-state index in [-0.39, 0.29) is 11.8 Å². The van der Waals surface area contributed by atoms with Crippen molar-refractivity contribution in [2.75, 3.05) is 6.54 Å². The summed E-state index contributed by atoms with van der Waals surface area (Å²) < 4.78 is 0. The van der Waals surface area contributed by atoms with Crippen molar-refractivity contribution in [3.05, 3.63) is 29.3 Å². The van der Waals surface area contributed by atoms with Crippen LogP contribution in [0.3, 0.4) is 0 Å². The zero-order chi connectivity index (χ0) is 14.2. The molecule has 102 valence electrons. The van der Waals surface area contributed by atoms with Gasteiger partial charge >= 0.3 is 6.00 Å². The van der Waals surface area contributed by atoms with E-state index in [9.17, 15) is 9.59 Å². The van der Waals surface area contributed by atoms with Gasteiger partial charge in [0.25, 0.3) is 11.8 Å². The molecule has 0 radical (unpaired) electrons. The second-order valence-corrected chi connectivity index (χ2v) is 12.8. The van der Waals surface area contributed by atoms with Crippen LogP contribution in [0.25, 0.3) is 0 Å². The standard InChI is InChI=1S/C12H12Cl3NO2Si/c1-2-3-6-16-11(17)9-5-4-8(19(13,14)15)7-10(9)12(16)18/h4-5,7H,2-3,6H2,1H3. The first kappa shape index (κ1) is 14.8. The number of halogens is 3. The molecule has 7 heteroatoms. The number of rotatable bonds is 4. The van der Waals surface area contributed by atoms with Gasteiger partial charge in [-0.2, -0.15) is 0 Å². The Labute approximate surface area is 126 Å². The van der Waals surface area contributed by atoms with E-state index in [4.69, 9.17) is 33.2 Å². The molecular weight excluding hydrogens is 325 g/mol. The van der Waals surface area contributed by atoms with Crippen LogP contribution in [0.1, 0.15) is 40.5 Å². The predicted octanol–water partition coefficient (Wildman–Crippen LogP) is 2.95. The van der Waals surface area contributed by atoms with Crippen LogP contribution in [-0.2, 0) is 0 Å². The van der Waals surface area contributed by atoms with Crippen LogP contribution in [0, 0.1) is 0 Å². The number of fused-ring (bicyclic) bond motifs is 1. The molecule has 1 heterocycles. The summed E-state index contributed by atoms with van der Waals surface area (Å²) in [5.41, 5.74) is 0.741. The number of hydrogen-bond acceptors (Lipinski definition) is 2. The lowest BCUT2D eigenvalue weighted by Gasteiger charge is -2.12. The number of benzene rings is 1. The molecule has 1 aliphatic heterocycles. The predicted molar refractivity (Wildman–Crippen MR) is 79.7 cm³/mol. The van der Waals surface area contributed by atoms with Crippen LogP contribution in [-0.4, -0.2) is 29.3 Å². The normalized spacial score (nSPS) is 15.1. The Balaban J connectivity index is 2.37. The van der Waals surface area contributed by atoms with Crippen molar-refractivity contribution in [1.29, 1.82) is 0 Å². The summed E-state index contributed by atoms with van der Waals surface area (Å²) >= 11 is 17.8. The van der Waals surface area contributed by atoms with Gasteiger partial charge < -0.3 is 0 Å². The third-order valence-electron chi connectivity index (χ3n) is 3.03. The van der Waals surface area contributed by atoms with Crippen molar-refractivity contribution in [2.45, 2.75) is 19.8 Å². The van der Waals surface area contributed by atoms with E-state index in [0.717, 1.165) is 12.8 Å². The first-order valence-corrected chi connectivity index (χ1v) is 11.0.